The van der Waals surface area contributed by atoms with Crippen molar-refractivity contribution in [2.45, 2.75) is 18.4 Å². The first-order chi connectivity index (χ1) is 16.6. The standard InChI is InChI=1S/C26H30N4O3S/c1-2-29-13-15-30(16-14-29)21-11-9-20(10-12-21)28-26(32)23-7-3-4-8-24(23)34-19-25(31)27-18-22-6-5-17-33-22/h3-12,17H,2,13-16,18-19H2,1H3,(H,27,31)(H,28,32). The van der Waals surface area contributed by atoms with Gasteiger partial charge in [-0.3, -0.25) is 9.59 Å². The highest BCUT2D eigenvalue weighted by atomic mass is 32.2. The average Bonchev–Trinajstić information content (AvgIpc) is 3.41. The fraction of sp³-hybridized carbons (Fsp3) is 0.308. The van der Waals surface area contributed by atoms with Crippen molar-refractivity contribution in [2.75, 3.05) is 48.7 Å². The Balaban J connectivity index is 1.31. The Bertz CT molecular complexity index is 1080. The molecule has 34 heavy (non-hydrogen) atoms. The number of piperazine rings is 1. The molecular formula is C26H30N4O3S. The zero-order valence-electron chi connectivity index (χ0n) is 19.3. The summed E-state index contributed by atoms with van der Waals surface area (Å²) in [4.78, 5) is 30.7. The number of benzene rings is 2. The van der Waals surface area contributed by atoms with Crippen LogP contribution in [0.1, 0.15) is 23.0 Å². The second kappa shape index (κ2) is 11.8. The molecule has 1 aromatic heterocycles. The summed E-state index contributed by atoms with van der Waals surface area (Å²) in [7, 11) is 0. The third kappa shape index (κ3) is 6.42. The van der Waals surface area contributed by atoms with E-state index in [1.807, 2.05) is 36.4 Å². The number of likely N-dealkylation sites (N-methyl/N-ethyl adjacent to an activating group) is 1. The topological polar surface area (TPSA) is 77.8 Å². The van der Waals surface area contributed by atoms with E-state index in [-0.39, 0.29) is 17.6 Å². The number of hydrogen-bond acceptors (Lipinski definition) is 6. The number of carbonyl (C=O) groups excluding carboxylic acids is 2. The van der Waals surface area contributed by atoms with Crippen LogP contribution in [-0.4, -0.2) is 55.2 Å². The first-order valence-electron chi connectivity index (χ1n) is 11.5. The molecule has 2 aromatic carbocycles. The molecule has 178 valence electrons. The lowest BCUT2D eigenvalue weighted by Gasteiger charge is -2.35. The van der Waals surface area contributed by atoms with Gasteiger partial charge >= 0.3 is 0 Å². The molecule has 0 spiro atoms. The van der Waals surface area contributed by atoms with Gasteiger partial charge in [-0.05, 0) is 55.1 Å². The lowest BCUT2D eigenvalue weighted by Crippen LogP contribution is -2.46. The summed E-state index contributed by atoms with van der Waals surface area (Å²) in [5, 5.41) is 5.81. The van der Waals surface area contributed by atoms with Crippen LogP contribution >= 0.6 is 11.8 Å². The number of furan rings is 1. The number of anilines is 2. The van der Waals surface area contributed by atoms with Crippen molar-refractivity contribution in [1.82, 2.24) is 10.2 Å². The van der Waals surface area contributed by atoms with Gasteiger partial charge in [-0.1, -0.05) is 19.1 Å². The minimum absolute atomic E-state index is 0.119. The predicted molar refractivity (Wildman–Crippen MR) is 136 cm³/mol. The summed E-state index contributed by atoms with van der Waals surface area (Å²) >= 11 is 1.34. The van der Waals surface area contributed by atoms with Crippen molar-refractivity contribution in [3.05, 3.63) is 78.3 Å². The summed E-state index contributed by atoms with van der Waals surface area (Å²) < 4.78 is 5.23. The van der Waals surface area contributed by atoms with Gasteiger partial charge in [0.15, 0.2) is 0 Å². The molecule has 4 rings (SSSR count). The van der Waals surface area contributed by atoms with Crippen LogP contribution in [-0.2, 0) is 11.3 Å². The lowest BCUT2D eigenvalue weighted by atomic mass is 10.2. The third-order valence-corrected chi connectivity index (χ3v) is 6.91. The third-order valence-electron chi connectivity index (χ3n) is 5.84. The van der Waals surface area contributed by atoms with Crippen molar-refractivity contribution < 1.29 is 14.0 Å². The van der Waals surface area contributed by atoms with E-state index in [1.54, 1.807) is 18.4 Å². The minimum atomic E-state index is -0.191. The van der Waals surface area contributed by atoms with Gasteiger partial charge in [0.25, 0.3) is 5.91 Å². The summed E-state index contributed by atoms with van der Waals surface area (Å²) in [5.41, 5.74) is 2.47. The fourth-order valence-corrected chi connectivity index (χ4v) is 4.73. The zero-order chi connectivity index (χ0) is 23.8. The van der Waals surface area contributed by atoms with Crippen LogP contribution in [0.15, 0.2) is 76.2 Å². The average molecular weight is 479 g/mol. The number of hydrogen-bond donors (Lipinski definition) is 2. The maximum atomic E-state index is 13.0. The maximum Gasteiger partial charge on any atom is 0.256 e. The molecule has 1 fully saturated rings. The number of nitrogens with one attached hydrogen (secondary N) is 2. The molecule has 0 bridgehead atoms. The second-order valence-corrected chi connectivity index (χ2v) is 9.08. The Morgan fingerprint density at radius 1 is 0.971 bits per heavy atom. The molecule has 8 heteroatoms. The monoisotopic (exact) mass is 478 g/mol. The van der Waals surface area contributed by atoms with Gasteiger partial charge in [0.05, 0.1) is 24.1 Å². The smallest absolute Gasteiger partial charge is 0.256 e. The highest BCUT2D eigenvalue weighted by Gasteiger charge is 2.17. The van der Waals surface area contributed by atoms with E-state index in [0.717, 1.165) is 43.3 Å². The highest BCUT2D eigenvalue weighted by molar-refractivity contribution is 8.00. The first kappa shape index (κ1) is 23.9. The summed E-state index contributed by atoms with van der Waals surface area (Å²) in [6.45, 7) is 7.81. The van der Waals surface area contributed by atoms with E-state index in [0.29, 0.717) is 17.9 Å². The Labute approximate surface area is 204 Å². The highest BCUT2D eigenvalue weighted by Crippen LogP contribution is 2.25. The van der Waals surface area contributed by atoms with Crippen LogP contribution in [0.4, 0.5) is 11.4 Å². The number of nitrogens with zero attached hydrogens (tertiary/aromatic N) is 2. The molecule has 0 unspecified atom stereocenters. The number of thioether (sulfide) groups is 1. The SMILES string of the molecule is CCN1CCN(c2ccc(NC(=O)c3ccccc3SCC(=O)NCc3ccco3)cc2)CC1. The molecule has 3 aromatic rings. The van der Waals surface area contributed by atoms with Crippen LogP contribution < -0.4 is 15.5 Å². The van der Waals surface area contributed by atoms with Crippen LogP contribution in [0.25, 0.3) is 0 Å². The van der Waals surface area contributed by atoms with Crippen LogP contribution in [0.3, 0.4) is 0 Å². The molecule has 0 saturated carbocycles. The number of amides is 2. The van der Waals surface area contributed by atoms with E-state index in [4.69, 9.17) is 4.42 Å². The molecule has 1 aliphatic rings. The quantitative estimate of drug-likeness (QED) is 0.451. The molecule has 1 aliphatic heterocycles. The van der Waals surface area contributed by atoms with Gasteiger partial charge in [-0.25, -0.2) is 0 Å². The van der Waals surface area contributed by atoms with E-state index in [9.17, 15) is 9.59 Å². The molecule has 2 N–H and O–H groups in total. The molecule has 0 aliphatic carbocycles. The summed E-state index contributed by atoms with van der Waals surface area (Å²) in [5.74, 6) is 0.605. The zero-order valence-corrected chi connectivity index (χ0v) is 20.1. The first-order valence-corrected chi connectivity index (χ1v) is 12.5. The normalized spacial score (nSPS) is 14.1. The molecule has 7 nitrogen and oxygen atoms in total. The molecule has 0 atom stereocenters. The Hall–Kier alpha value is -3.23. The molecule has 2 heterocycles. The van der Waals surface area contributed by atoms with Crippen molar-refractivity contribution in [2.24, 2.45) is 0 Å². The van der Waals surface area contributed by atoms with Gasteiger partial charge in [0.1, 0.15) is 5.76 Å². The molecular weight excluding hydrogens is 448 g/mol. The van der Waals surface area contributed by atoms with E-state index >= 15 is 0 Å². The Kier molecular flexibility index (Phi) is 8.27. The van der Waals surface area contributed by atoms with E-state index in [2.05, 4.69) is 39.5 Å². The van der Waals surface area contributed by atoms with Gasteiger partial charge in [0.2, 0.25) is 5.91 Å². The van der Waals surface area contributed by atoms with Crippen molar-refractivity contribution in [3.63, 3.8) is 0 Å². The van der Waals surface area contributed by atoms with Crippen molar-refractivity contribution in [1.29, 1.82) is 0 Å². The lowest BCUT2D eigenvalue weighted by molar-refractivity contribution is -0.118. The second-order valence-electron chi connectivity index (χ2n) is 8.06. The van der Waals surface area contributed by atoms with Gasteiger partial charge in [0, 0.05) is 42.4 Å². The minimum Gasteiger partial charge on any atom is -0.467 e. The Morgan fingerprint density at radius 3 is 2.44 bits per heavy atom. The van der Waals surface area contributed by atoms with Gasteiger partial charge in [-0.2, -0.15) is 0 Å². The number of rotatable bonds is 9. The molecule has 2 amide bonds. The largest absolute Gasteiger partial charge is 0.467 e. The van der Waals surface area contributed by atoms with E-state index < -0.39 is 0 Å². The van der Waals surface area contributed by atoms with E-state index in [1.165, 1.54) is 17.4 Å². The van der Waals surface area contributed by atoms with Gasteiger partial charge < -0.3 is 24.9 Å². The van der Waals surface area contributed by atoms with Crippen LogP contribution in [0.2, 0.25) is 0 Å². The van der Waals surface area contributed by atoms with Crippen LogP contribution in [0.5, 0.6) is 0 Å². The summed E-state index contributed by atoms with van der Waals surface area (Å²) in [6, 6.07) is 18.9. The number of carbonyl (C=O) groups is 2. The van der Waals surface area contributed by atoms with Crippen molar-refractivity contribution in [3.8, 4) is 0 Å². The Morgan fingerprint density at radius 2 is 1.74 bits per heavy atom. The predicted octanol–water partition coefficient (Wildman–Crippen LogP) is 4.08. The maximum absolute atomic E-state index is 13.0. The van der Waals surface area contributed by atoms with Crippen molar-refractivity contribution >= 4 is 35.0 Å². The molecule has 1 saturated heterocycles. The molecule has 0 radical (unpaired) electrons. The van der Waals surface area contributed by atoms with Crippen LogP contribution in [0, 0.1) is 0 Å². The fourth-order valence-electron chi connectivity index (χ4n) is 3.85. The van der Waals surface area contributed by atoms with Gasteiger partial charge in [-0.15, -0.1) is 11.8 Å². The summed E-state index contributed by atoms with van der Waals surface area (Å²) in [6.07, 6.45) is 1.58.